The summed E-state index contributed by atoms with van der Waals surface area (Å²) < 4.78 is 26.4. The van der Waals surface area contributed by atoms with E-state index in [-0.39, 0.29) is 9.92 Å². The largest absolute Gasteiger partial charge is 0.348 e. The first kappa shape index (κ1) is 22.6. The van der Waals surface area contributed by atoms with Crippen molar-refractivity contribution >= 4 is 49.5 Å². The molecule has 1 saturated heterocycles. The van der Waals surface area contributed by atoms with Gasteiger partial charge in [0.2, 0.25) is 0 Å². The number of anilines is 1. The summed E-state index contributed by atoms with van der Waals surface area (Å²) in [6.45, 7) is 7.25. The Morgan fingerprint density at radius 2 is 1.61 bits per heavy atom. The zero-order chi connectivity index (χ0) is 22.3. The van der Waals surface area contributed by atoms with E-state index in [9.17, 15) is 8.42 Å². The first-order chi connectivity index (χ1) is 14.6. The summed E-state index contributed by atoms with van der Waals surface area (Å²) in [5.41, 5.74) is 5.22. The Bertz CT molecular complexity index is 1210. The fraction of sp³-hybridized carbons (Fsp3) is 0.348. The summed E-state index contributed by atoms with van der Waals surface area (Å²) in [5, 5.41) is 3.21. The van der Waals surface area contributed by atoms with Crippen LogP contribution in [0.1, 0.15) is 29.5 Å². The molecule has 8 heteroatoms. The summed E-state index contributed by atoms with van der Waals surface area (Å²) in [5.74, 6) is 0. The van der Waals surface area contributed by atoms with E-state index in [1.165, 1.54) is 17.2 Å². The van der Waals surface area contributed by atoms with Crippen LogP contribution in [-0.4, -0.2) is 31.7 Å². The number of thiazole rings is 1. The number of piperidine rings is 1. The highest BCUT2D eigenvalue weighted by Gasteiger charge is 2.33. The zero-order valence-electron chi connectivity index (χ0n) is 17.7. The highest BCUT2D eigenvalue weighted by atomic mass is 35.5. The normalized spacial score (nSPS) is 15.5. The fourth-order valence-electron chi connectivity index (χ4n) is 4.05. The topological polar surface area (TPSA) is 50.3 Å². The minimum absolute atomic E-state index is 0.181. The monoisotopic (exact) mass is 494 g/mol. The van der Waals surface area contributed by atoms with Gasteiger partial charge < -0.3 is 4.90 Å². The quantitative estimate of drug-likeness (QED) is 0.416. The molecule has 0 N–H and O–H groups in total. The van der Waals surface area contributed by atoms with E-state index in [2.05, 4.69) is 42.3 Å². The number of aromatic nitrogens is 1. The lowest BCUT2D eigenvalue weighted by atomic mass is 10.1. The number of hydrogen-bond acceptors (Lipinski definition) is 5. The second-order valence-electron chi connectivity index (χ2n) is 8.15. The molecule has 1 aliphatic heterocycles. The number of aryl methyl sites for hydroxylation is 3. The van der Waals surface area contributed by atoms with Gasteiger partial charge in [-0.3, -0.25) is 0 Å². The Kier molecular flexibility index (Phi) is 6.37. The number of nitrogens with zero attached hydrogens (tertiary/aromatic N) is 2. The first-order valence-corrected chi connectivity index (χ1v) is 13.3. The molecule has 0 saturated carbocycles. The highest BCUT2D eigenvalue weighted by Crippen LogP contribution is 2.35. The van der Waals surface area contributed by atoms with E-state index in [1.54, 1.807) is 24.3 Å². The molecule has 0 spiro atoms. The molecule has 0 unspecified atom stereocenters. The standard InChI is InChI=1S/C23H24Cl2N2O2S2/c1-14-8-15(2)10-17(9-14)21-13-30-23(26-21)27-6-4-18(5-7-27)31(28,29)22-11-16(3)19(24)12-20(22)25/h8-13,18H,4-7H2,1-3H3. The average Bonchev–Trinajstić information content (AvgIpc) is 3.20. The van der Waals surface area contributed by atoms with Gasteiger partial charge in [-0.15, -0.1) is 11.3 Å². The van der Waals surface area contributed by atoms with Gasteiger partial charge in [0.25, 0.3) is 0 Å². The summed E-state index contributed by atoms with van der Waals surface area (Å²) in [6.07, 6.45) is 1.08. The van der Waals surface area contributed by atoms with E-state index >= 15 is 0 Å². The van der Waals surface area contributed by atoms with Crippen LogP contribution in [0.4, 0.5) is 5.13 Å². The third-order valence-corrected chi connectivity index (χ3v) is 9.71. The van der Waals surface area contributed by atoms with E-state index in [1.807, 2.05) is 0 Å². The maximum absolute atomic E-state index is 13.2. The lowest BCUT2D eigenvalue weighted by molar-refractivity contribution is 0.529. The maximum Gasteiger partial charge on any atom is 0.185 e. The zero-order valence-corrected chi connectivity index (χ0v) is 20.8. The lowest BCUT2D eigenvalue weighted by Gasteiger charge is -2.31. The van der Waals surface area contributed by atoms with Crippen LogP contribution in [0.5, 0.6) is 0 Å². The van der Waals surface area contributed by atoms with Crippen LogP contribution < -0.4 is 4.90 Å². The molecule has 1 aliphatic rings. The van der Waals surface area contributed by atoms with Crippen LogP contribution >= 0.6 is 34.5 Å². The van der Waals surface area contributed by atoms with Crippen molar-refractivity contribution in [2.45, 2.75) is 43.8 Å². The fourth-order valence-corrected chi connectivity index (χ4v) is 7.51. The lowest BCUT2D eigenvalue weighted by Crippen LogP contribution is -2.39. The minimum atomic E-state index is -3.52. The molecule has 2 aromatic carbocycles. The average molecular weight is 495 g/mol. The van der Waals surface area contributed by atoms with E-state index in [4.69, 9.17) is 28.2 Å². The Hall–Kier alpha value is -1.60. The molecule has 0 aliphatic carbocycles. The predicted molar refractivity (Wildman–Crippen MR) is 131 cm³/mol. The van der Waals surface area contributed by atoms with E-state index < -0.39 is 15.1 Å². The molecular formula is C23H24Cl2N2O2S2. The molecule has 4 rings (SSSR count). The summed E-state index contributed by atoms with van der Waals surface area (Å²) in [4.78, 5) is 7.19. The molecule has 2 heterocycles. The van der Waals surface area contributed by atoms with Crippen LogP contribution in [0, 0.1) is 20.8 Å². The summed E-state index contributed by atoms with van der Waals surface area (Å²) in [6, 6.07) is 9.54. The van der Waals surface area contributed by atoms with Gasteiger partial charge >= 0.3 is 0 Å². The Balaban J connectivity index is 1.49. The number of rotatable bonds is 4. The van der Waals surface area contributed by atoms with Crippen LogP contribution in [0.3, 0.4) is 0 Å². The number of benzene rings is 2. The second kappa shape index (κ2) is 8.74. The third kappa shape index (κ3) is 4.63. The Labute approximate surface area is 197 Å². The molecule has 0 radical (unpaired) electrons. The molecular weight excluding hydrogens is 471 g/mol. The first-order valence-electron chi connectivity index (χ1n) is 10.1. The van der Waals surface area contributed by atoms with E-state index in [0.717, 1.165) is 16.4 Å². The van der Waals surface area contributed by atoms with Crippen molar-refractivity contribution in [1.82, 2.24) is 4.98 Å². The van der Waals surface area contributed by atoms with E-state index in [0.29, 0.717) is 36.5 Å². The van der Waals surface area contributed by atoms with Gasteiger partial charge in [0.1, 0.15) is 0 Å². The Morgan fingerprint density at radius 1 is 0.968 bits per heavy atom. The smallest absolute Gasteiger partial charge is 0.185 e. The van der Waals surface area contributed by atoms with Crippen molar-refractivity contribution in [3.63, 3.8) is 0 Å². The van der Waals surface area contributed by atoms with Crippen molar-refractivity contribution in [2.24, 2.45) is 0 Å². The molecule has 1 aromatic heterocycles. The summed E-state index contributed by atoms with van der Waals surface area (Å²) >= 11 is 13.9. The van der Waals surface area contributed by atoms with Gasteiger partial charge in [0.05, 0.1) is 20.9 Å². The molecule has 164 valence electrons. The van der Waals surface area contributed by atoms with Gasteiger partial charge in [0.15, 0.2) is 15.0 Å². The minimum Gasteiger partial charge on any atom is -0.348 e. The Morgan fingerprint density at radius 3 is 2.26 bits per heavy atom. The van der Waals surface area contributed by atoms with Crippen molar-refractivity contribution in [3.05, 3.63) is 62.4 Å². The van der Waals surface area contributed by atoms with Crippen molar-refractivity contribution in [2.75, 3.05) is 18.0 Å². The highest BCUT2D eigenvalue weighted by molar-refractivity contribution is 7.92. The molecule has 0 atom stereocenters. The SMILES string of the molecule is Cc1cc(C)cc(-c2csc(N3CCC(S(=O)(=O)c4cc(C)c(Cl)cc4Cl)CC3)n2)c1. The number of halogens is 2. The number of hydrogen-bond donors (Lipinski definition) is 0. The van der Waals surface area contributed by atoms with Crippen LogP contribution in [0.2, 0.25) is 10.0 Å². The molecule has 0 bridgehead atoms. The maximum atomic E-state index is 13.2. The van der Waals surface area contributed by atoms with Crippen molar-refractivity contribution in [3.8, 4) is 11.3 Å². The molecule has 0 amide bonds. The van der Waals surface area contributed by atoms with Crippen LogP contribution in [-0.2, 0) is 9.84 Å². The molecule has 4 nitrogen and oxygen atoms in total. The van der Waals surface area contributed by atoms with Gasteiger partial charge in [-0.1, -0.05) is 40.4 Å². The van der Waals surface area contributed by atoms with Crippen molar-refractivity contribution in [1.29, 1.82) is 0 Å². The van der Waals surface area contributed by atoms with Crippen molar-refractivity contribution < 1.29 is 8.42 Å². The molecule has 31 heavy (non-hydrogen) atoms. The second-order valence-corrected chi connectivity index (χ2v) is 12.0. The summed E-state index contributed by atoms with van der Waals surface area (Å²) in [7, 11) is -3.52. The van der Waals surface area contributed by atoms with Gasteiger partial charge in [-0.25, -0.2) is 13.4 Å². The third-order valence-electron chi connectivity index (χ3n) is 5.68. The van der Waals surface area contributed by atoms with Crippen LogP contribution in [0.25, 0.3) is 11.3 Å². The van der Waals surface area contributed by atoms with Crippen LogP contribution in [0.15, 0.2) is 40.6 Å². The molecule has 3 aromatic rings. The predicted octanol–water partition coefficient (Wildman–Crippen LogP) is 6.48. The number of sulfone groups is 1. The molecule has 1 fully saturated rings. The van der Waals surface area contributed by atoms with Gasteiger partial charge in [0, 0.05) is 29.1 Å². The van der Waals surface area contributed by atoms with Gasteiger partial charge in [-0.2, -0.15) is 0 Å². The van der Waals surface area contributed by atoms with Gasteiger partial charge in [-0.05, 0) is 63.4 Å².